The molecule has 0 atom stereocenters. The van der Waals surface area contributed by atoms with Crippen LogP contribution in [0.25, 0.3) is 0 Å². The number of carbonyl (C=O) groups is 1. The van der Waals surface area contributed by atoms with Gasteiger partial charge in [0.25, 0.3) is 5.91 Å². The van der Waals surface area contributed by atoms with Crippen molar-refractivity contribution < 1.29 is 14.3 Å². The second kappa shape index (κ2) is 6.98. The number of nitrogen functional groups attached to an aromatic ring is 1. The van der Waals surface area contributed by atoms with Crippen molar-refractivity contribution in [2.24, 2.45) is 5.73 Å². The highest BCUT2D eigenvalue weighted by atomic mass is 16.5. The number of carbonyl (C=O) groups excluding carboxylic acids is 1. The third kappa shape index (κ3) is 3.03. The average molecular weight is 307 g/mol. The maximum atomic E-state index is 12.9. The normalized spacial score (nSPS) is 16.3. The summed E-state index contributed by atoms with van der Waals surface area (Å²) < 4.78 is 11.5. The van der Waals surface area contributed by atoms with Crippen LogP contribution in [0.15, 0.2) is 18.2 Å². The van der Waals surface area contributed by atoms with Crippen LogP contribution in [0.2, 0.25) is 0 Å². The molecule has 1 amide bonds. The average Bonchev–Trinajstić information content (AvgIpc) is 2.53. The molecule has 4 N–H and O–H groups in total. The molecule has 0 bridgehead atoms. The fraction of sp³-hybridized carbons (Fsp3) is 0.562. The molecule has 0 saturated carbocycles. The molecular weight excluding hydrogens is 282 g/mol. The van der Waals surface area contributed by atoms with Gasteiger partial charge in [-0.3, -0.25) is 4.79 Å². The minimum absolute atomic E-state index is 0.0221. The van der Waals surface area contributed by atoms with Gasteiger partial charge in [0.05, 0.1) is 18.9 Å². The van der Waals surface area contributed by atoms with E-state index in [1.165, 1.54) is 0 Å². The Kier molecular flexibility index (Phi) is 5.26. The molecule has 2 rings (SSSR count). The second-order valence-corrected chi connectivity index (χ2v) is 5.39. The lowest BCUT2D eigenvalue weighted by Gasteiger charge is -2.42. The number of anilines is 2. The Morgan fingerprint density at radius 3 is 2.64 bits per heavy atom. The van der Waals surface area contributed by atoms with E-state index in [1.807, 2.05) is 19.9 Å². The summed E-state index contributed by atoms with van der Waals surface area (Å²) in [6.45, 7) is 5.79. The van der Waals surface area contributed by atoms with Crippen LogP contribution in [0.1, 0.15) is 26.7 Å². The van der Waals surface area contributed by atoms with Gasteiger partial charge in [-0.1, -0.05) is 13.8 Å². The van der Waals surface area contributed by atoms with E-state index in [0.717, 1.165) is 5.69 Å². The van der Waals surface area contributed by atoms with E-state index >= 15 is 0 Å². The smallest absolute Gasteiger partial charge is 0.271 e. The van der Waals surface area contributed by atoms with E-state index in [0.29, 0.717) is 50.6 Å². The van der Waals surface area contributed by atoms with E-state index in [9.17, 15) is 4.79 Å². The van der Waals surface area contributed by atoms with E-state index in [2.05, 4.69) is 0 Å². The van der Waals surface area contributed by atoms with E-state index < -0.39 is 5.60 Å². The number of fused-ring (bicyclic) bond motifs is 1. The van der Waals surface area contributed by atoms with Crippen molar-refractivity contribution in [2.75, 3.05) is 36.9 Å². The van der Waals surface area contributed by atoms with Gasteiger partial charge in [0.1, 0.15) is 5.75 Å². The number of hydrogen-bond donors (Lipinski definition) is 2. The molecule has 6 nitrogen and oxygen atoms in total. The molecule has 1 aromatic carbocycles. The SMILES string of the molecule is CCC1(CC)Oc2cc(N)ccc2N(CCOCCN)C1=O. The van der Waals surface area contributed by atoms with Crippen molar-refractivity contribution >= 4 is 17.3 Å². The van der Waals surface area contributed by atoms with Crippen LogP contribution in [-0.4, -0.2) is 37.8 Å². The lowest BCUT2D eigenvalue weighted by molar-refractivity contribution is -0.136. The van der Waals surface area contributed by atoms with Crippen molar-refractivity contribution in [3.63, 3.8) is 0 Å². The van der Waals surface area contributed by atoms with E-state index in [-0.39, 0.29) is 5.91 Å². The van der Waals surface area contributed by atoms with Gasteiger partial charge in [-0.2, -0.15) is 0 Å². The summed E-state index contributed by atoms with van der Waals surface area (Å²) in [7, 11) is 0. The number of amides is 1. The maximum Gasteiger partial charge on any atom is 0.271 e. The van der Waals surface area contributed by atoms with Crippen molar-refractivity contribution in [3.05, 3.63) is 18.2 Å². The Bertz CT molecular complexity index is 529. The third-order valence-electron chi connectivity index (χ3n) is 4.08. The summed E-state index contributed by atoms with van der Waals surface area (Å²) in [5.74, 6) is 0.633. The summed E-state index contributed by atoms with van der Waals surface area (Å²) in [5.41, 5.74) is 11.8. The highest BCUT2D eigenvalue weighted by Gasteiger charge is 2.45. The van der Waals surface area contributed by atoms with Gasteiger partial charge in [-0.05, 0) is 25.0 Å². The fourth-order valence-corrected chi connectivity index (χ4v) is 2.70. The molecule has 1 aliphatic rings. The molecule has 0 aliphatic carbocycles. The standard InChI is InChI=1S/C16H25N3O3/c1-3-16(4-2)15(20)19(8-10-21-9-7-17)13-6-5-12(18)11-14(13)22-16/h5-6,11H,3-4,7-10,17-18H2,1-2H3. The van der Waals surface area contributed by atoms with Crippen LogP contribution >= 0.6 is 0 Å². The largest absolute Gasteiger partial charge is 0.475 e. The molecule has 1 aromatic rings. The highest BCUT2D eigenvalue weighted by molar-refractivity contribution is 6.03. The van der Waals surface area contributed by atoms with Crippen LogP contribution in [-0.2, 0) is 9.53 Å². The van der Waals surface area contributed by atoms with Crippen LogP contribution in [0.3, 0.4) is 0 Å². The summed E-state index contributed by atoms with van der Waals surface area (Å²) >= 11 is 0. The van der Waals surface area contributed by atoms with Gasteiger partial charge < -0.3 is 25.8 Å². The molecule has 1 aliphatic heterocycles. The molecule has 0 radical (unpaired) electrons. The van der Waals surface area contributed by atoms with Gasteiger partial charge in [0.15, 0.2) is 5.60 Å². The first-order valence-electron chi connectivity index (χ1n) is 7.76. The third-order valence-corrected chi connectivity index (χ3v) is 4.08. The van der Waals surface area contributed by atoms with Gasteiger partial charge in [-0.25, -0.2) is 0 Å². The van der Waals surface area contributed by atoms with Gasteiger partial charge in [0, 0.05) is 24.8 Å². The molecular formula is C16H25N3O3. The predicted octanol–water partition coefficient (Wildman–Crippen LogP) is 1.53. The van der Waals surface area contributed by atoms with Crippen molar-refractivity contribution in [1.29, 1.82) is 0 Å². The molecule has 0 spiro atoms. The Labute approximate surface area is 131 Å². The Balaban J connectivity index is 2.31. The molecule has 0 saturated heterocycles. The van der Waals surface area contributed by atoms with Crippen molar-refractivity contribution in [3.8, 4) is 5.75 Å². The number of ether oxygens (including phenoxy) is 2. The summed E-state index contributed by atoms with van der Waals surface area (Å²) in [5, 5.41) is 0. The van der Waals surface area contributed by atoms with Crippen molar-refractivity contribution in [2.45, 2.75) is 32.3 Å². The molecule has 0 unspecified atom stereocenters. The molecule has 22 heavy (non-hydrogen) atoms. The first-order valence-corrected chi connectivity index (χ1v) is 7.76. The van der Waals surface area contributed by atoms with Gasteiger partial charge in [-0.15, -0.1) is 0 Å². The molecule has 0 fully saturated rings. The van der Waals surface area contributed by atoms with Crippen LogP contribution in [0, 0.1) is 0 Å². The Hall–Kier alpha value is -1.79. The molecule has 1 heterocycles. The zero-order chi connectivity index (χ0) is 16.2. The molecule has 122 valence electrons. The lowest BCUT2D eigenvalue weighted by atomic mass is 9.92. The summed E-state index contributed by atoms with van der Waals surface area (Å²) in [6.07, 6.45) is 1.22. The molecule has 0 aromatic heterocycles. The van der Waals surface area contributed by atoms with Crippen LogP contribution in [0.5, 0.6) is 5.75 Å². The first kappa shape index (κ1) is 16.6. The van der Waals surface area contributed by atoms with Crippen molar-refractivity contribution in [1.82, 2.24) is 0 Å². The minimum atomic E-state index is -0.825. The van der Waals surface area contributed by atoms with Crippen LogP contribution < -0.4 is 21.1 Å². The van der Waals surface area contributed by atoms with Gasteiger partial charge in [0.2, 0.25) is 0 Å². The first-order chi connectivity index (χ1) is 10.6. The number of nitrogens with two attached hydrogens (primary N) is 2. The van der Waals surface area contributed by atoms with Gasteiger partial charge >= 0.3 is 0 Å². The minimum Gasteiger partial charge on any atom is -0.475 e. The summed E-state index contributed by atoms with van der Waals surface area (Å²) in [4.78, 5) is 14.6. The van der Waals surface area contributed by atoms with E-state index in [4.69, 9.17) is 20.9 Å². The zero-order valence-electron chi connectivity index (χ0n) is 13.3. The Morgan fingerprint density at radius 2 is 2.00 bits per heavy atom. The number of nitrogens with zero attached hydrogens (tertiary/aromatic N) is 1. The number of hydrogen-bond acceptors (Lipinski definition) is 5. The summed E-state index contributed by atoms with van der Waals surface area (Å²) in [6, 6.07) is 5.37. The zero-order valence-corrected chi connectivity index (χ0v) is 13.3. The number of rotatable bonds is 7. The fourth-order valence-electron chi connectivity index (χ4n) is 2.70. The monoisotopic (exact) mass is 307 g/mol. The lowest BCUT2D eigenvalue weighted by Crippen LogP contribution is -2.56. The maximum absolute atomic E-state index is 12.9. The van der Waals surface area contributed by atoms with E-state index in [1.54, 1.807) is 17.0 Å². The second-order valence-electron chi connectivity index (χ2n) is 5.39. The Morgan fingerprint density at radius 1 is 1.27 bits per heavy atom. The highest BCUT2D eigenvalue weighted by Crippen LogP contribution is 2.41. The quantitative estimate of drug-likeness (QED) is 0.589. The number of benzene rings is 1. The molecule has 6 heteroatoms. The van der Waals surface area contributed by atoms with Crippen LogP contribution in [0.4, 0.5) is 11.4 Å². The predicted molar refractivity (Wildman–Crippen MR) is 87.0 cm³/mol. The topological polar surface area (TPSA) is 90.8 Å².